The fourth-order valence-electron chi connectivity index (χ4n) is 0.840. The molecule has 0 saturated heterocycles. The van der Waals surface area contributed by atoms with E-state index < -0.39 is 0 Å². The first-order chi connectivity index (χ1) is 5.45. The number of rotatable bonds is 5. The lowest BCUT2D eigenvalue weighted by atomic mass is 10.1. The Morgan fingerprint density at radius 3 is 2.50 bits per heavy atom. The number of Topliss-reactive ketones (excluding diaryl/α,β-unsaturated/α-hetero) is 1. The summed E-state index contributed by atoms with van der Waals surface area (Å²) in [5.74, 6) is 0.252. The Bertz CT molecular complexity index is 156. The SMILES string of the molecule is C=CCC(=O)CCNC(C)(C)C. The Morgan fingerprint density at radius 2 is 2.08 bits per heavy atom. The van der Waals surface area contributed by atoms with E-state index in [0.717, 1.165) is 6.54 Å². The van der Waals surface area contributed by atoms with Gasteiger partial charge in [0.15, 0.2) is 0 Å². The number of nitrogens with one attached hydrogen (secondary N) is 1. The van der Waals surface area contributed by atoms with Crippen molar-refractivity contribution < 1.29 is 4.79 Å². The molecule has 0 aromatic carbocycles. The molecule has 0 aromatic rings. The monoisotopic (exact) mass is 169 g/mol. The zero-order chi connectivity index (χ0) is 9.61. The fraction of sp³-hybridized carbons (Fsp3) is 0.700. The number of ketones is 1. The van der Waals surface area contributed by atoms with Crippen molar-refractivity contribution in [1.29, 1.82) is 0 Å². The molecule has 2 nitrogen and oxygen atoms in total. The van der Waals surface area contributed by atoms with Crippen LogP contribution >= 0.6 is 0 Å². The van der Waals surface area contributed by atoms with Gasteiger partial charge < -0.3 is 5.32 Å². The second-order valence-corrected chi connectivity index (χ2v) is 3.96. The molecule has 0 unspecified atom stereocenters. The van der Waals surface area contributed by atoms with Crippen molar-refractivity contribution in [2.45, 2.75) is 39.2 Å². The van der Waals surface area contributed by atoms with Crippen LogP contribution in [0.15, 0.2) is 12.7 Å². The van der Waals surface area contributed by atoms with E-state index >= 15 is 0 Å². The van der Waals surface area contributed by atoms with Crippen LogP contribution in [0.2, 0.25) is 0 Å². The summed E-state index contributed by atoms with van der Waals surface area (Å²) in [7, 11) is 0. The van der Waals surface area contributed by atoms with Crippen molar-refractivity contribution in [1.82, 2.24) is 5.32 Å². The van der Waals surface area contributed by atoms with Crippen molar-refractivity contribution in [2.24, 2.45) is 0 Å². The van der Waals surface area contributed by atoms with Gasteiger partial charge in [-0.15, -0.1) is 6.58 Å². The second kappa shape index (κ2) is 5.09. The summed E-state index contributed by atoms with van der Waals surface area (Å²) in [6.45, 7) is 10.5. The molecule has 0 fully saturated rings. The average molecular weight is 169 g/mol. The van der Waals surface area contributed by atoms with Crippen molar-refractivity contribution in [3.63, 3.8) is 0 Å². The summed E-state index contributed by atoms with van der Waals surface area (Å²) in [6.07, 6.45) is 2.74. The van der Waals surface area contributed by atoms with Crippen LogP contribution in [0.1, 0.15) is 33.6 Å². The Balaban J connectivity index is 3.43. The lowest BCUT2D eigenvalue weighted by molar-refractivity contribution is -0.118. The molecule has 0 aliphatic heterocycles. The maximum Gasteiger partial charge on any atom is 0.137 e. The minimum atomic E-state index is 0.106. The number of carbonyl (C=O) groups is 1. The molecule has 0 saturated carbocycles. The third kappa shape index (κ3) is 7.48. The van der Waals surface area contributed by atoms with Crippen molar-refractivity contribution >= 4 is 5.78 Å². The standard InChI is InChI=1S/C10H19NO/c1-5-6-9(12)7-8-11-10(2,3)4/h5,11H,1,6-8H2,2-4H3. The molecule has 0 aromatic heterocycles. The average Bonchev–Trinajstić information content (AvgIpc) is 1.84. The van der Waals surface area contributed by atoms with E-state index in [-0.39, 0.29) is 11.3 Å². The van der Waals surface area contributed by atoms with Gasteiger partial charge in [0.05, 0.1) is 0 Å². The van der Waals surface area contributed by atoms with Gasteiger partial charge in [0.1, 0.15) is 5.78 Å². The van der Waals surface area contributed by atoms with Gasteiger partial charge in [-0.2, -0.15) is 0 Å². The van der Waals surface area contributed by atoms with Gasteiger partial charge in [0.2, 0.25) is 0 Å². The minimum absolute atomic E-state index is 0.106. The molecule has 0 heterocycles. The Kier molecular flexibility index (Phi) is 4.83. The molecular weight excluding hydrogens is 150 g/mol. The first-order valence-corrected chi connectivity index (χ1v) is 4.33. The van der Waals surface area contributed by atoms with Crippen molar-refractivity contribution in [2.75, 3.05) is 6.54 Å². The van der Waals surface area contributed by atoms with Crippen LogP contribution in [0.3, 0.4) is 0 Å². The smallest absolute Gasteiger partial charge is 0.137 e. The van der Waals surface area contributed by atoms with E-state index in [1.165, 1.54) is 0 Å². The van der Waals surface area contributed by atoms with Crippen LogP contribution in [0, 0.1) is 0 Å². The van der Waals surface area contributed by atoms with E-state index in [1.54, 1.807) is 6.08 Å². The lowest BCUT2D eigenvalue weighted by Gasteiger charge is -2.19. The molecule has 0 aliphatic rings. The molecule has 0 aliphatic carbocycles. The third-order valence-electron chi connectivity index (χ3n) is 1.43. The number of hydrogen-bond donors (Lipinski definition) is 1. The highest BCUT2D eigenvalue weighted by atomic mass is 16.1. The summed E-state index contributed by atoms with van der Waals surface area (Å²) >= 11 is 0. The van der Waals surface area contributed by atoms with Crippen LogP contribution in [0.5, 0.6) is 0 Å². The Hall–Kier alpha value is -0.630. The van der Waals surface area contributed by atoms with Gasteiger partial charge in [-0.1, -0.05) is 6.08 Å². The van der Waals surface area contributed by atoms with Crippen molar-refractivity contribution in [3.05, 3.63) is 12.7 Å². The van der Waals surface area contributed by atoms with Gasteiger partial charge in [-0.25, -0.2) is 0 Å². The topological polar surface area (TPSA) is 29.1 Å². The van der Waals surface area contributed by atoms with E-state index in [4.69, 9.17) is 0 Å². The maximum atomic E-state index is 11.0. The predicted octanol–water partition coefficient (Wildman–Crippen LogP) is 1.91. The van der Waals surface area contributed by atoms with Gasteiger partial charge in [0.25, 0.3) is 0 Å². The highest BCUT2D eigenvalue weighted by molar-refractivity contribution is 5.79. The van der Waals surface area contributed by atoms with Crippen LogP contribution in [0.4, 0.5) is 0 Å². The summed E-state index contributed by atoms with van der Waals surface area (Å²) < 4.78 is 0. The zero-order valence-corrected chi connectivity index (χ0v) is 8.31. The van der Waals surface area contributed by atoms with Crippen LogP contribution < -0.4 is 5.32 Å². The van der Waals surface area contributed by atoms with E-state index in [9.17, 15) is 4.79 Å². The summed E-state index contributed by atoms with van der Waals surface area (Å²) in [6, 6.07) is 0. The lowest BCUT2D eigenvalue weighted by Crippen LogP contribution is -2.37. The highest BCUT2D eigenvalue weighted by Crippen LogP contribution is 1.98. The summed E-state index contributed by atoms with van der Waals surface area (Å²) in [4.78, 5) is 11.0. The van der Waals surface area contributed by atoms with Gasteiger partial charge in [-0.05, 0) is 20.8 Å². The molecule has 0 amide bonds. The number of hydrogen-bond acceptors (Lipinski definition) is 2. The molecule has 70 valence electrons. The van der Waals surface area contributed by atoms with E-state index in [0.29, 0.717) is 12.8 Å². The highest BCUT2D eigenvalue weighted by Gasteiger charge is 2.08. The predicted molar refractivity (Wildman–Crippen MR) is 52.2 cm³/mol. The van der Waals surface area contributed by atoms with Crippen LogP contribution in [-0.2, 0) is 4.79 Å². The summed E-state index contributed by atoms with van der Waals surface area (Å²) in [5.41, 5.74) is 0.106. The maximum absolute atomic E-state index is 11.0. The minimum Gasteiger partial charge on any atom is -0.312 e. The molecule has 0 atom stereocenters. The molecule has 2 heteroatoms. The van der Waals surface area contributed by atoms with E-state index in [2.05, 4.69) is 32.7 Å². The third-order valence-corrected chi connectivity index (χ3v) is 1.43. The number of allylic oxidation sites excluding steroid dienone is 1. The first kappa shape index (κ1) is 11.4. The van der Waals surface area contributed by atoms with Gasteiger partial charge in [0, 0.05) is 24.9 Å². The molecule has 0 rings (SSSR count). The van der Waals surface area contributed by atoms with Crippen LogP contribution in [-0.4, -0.2) is 17.9 Å². The second-order valence-electron chi connectivity index (χ2n) is 3.96. The molecule has 0 bridgehead atoms. The normalized spacial score (nSPS) is 11.2. The Labute approximate surface area is 75.0 Å². The van der Waals surface area contributed by atoms with Crippen molar-refractivity contribution in [3.8, 4) is 0 Å². The molecule has 0 radical (unpaired) electrons. The molecule has 1 N–H and O–H groups in total. The quantitative estimate of drug-likeness (QED) is 0.637. The van der Waals surface area contributed by atoms with Gasteiger partial charge >= 0.3 is 0 Å². The summed E-state index contributed by atoms with van der Waals surface area (Å²) in [5, 5.41) is 3.26. The first-order valence-electron chi connectivity index (χ1n) is 4.33. The molecule has 0 spiro atoms. The Morgan fingerprint density at radius 1 is 1.50 bits per heavy atom. The largest absolute Gasteiger partial charge is 0.312 e. The van der Waals surface area contributed by atoms with Crippen LogP contribution in [0.25, 0.3) is 0 Å². The molecule has 12 heavy (non-hydrogen) atoms. The number of carbonyl (C=O) groups excluding carboxylic acids is 1. The van der Waals surface area contributed by atoms with E-state index in [1.807, 2.05) is 0 Å². The zero-order valence-electron chi connectivity index (χ0n) is 8.31. The van der Waals surface area contributed by atoms with Gasteiger partial charge in [-0.3, -0.25) is 4.79 Å². The fourth-order valence-corrected chi connectivity index (χ4v) is 0.840. The molecular formula is C10H19NO.